The van der Waals surface area contributed by atoms with Gasteiger partial charge in [0.2, 0.25) is 11.8 Å². The van der Waals surface area contributed by atoms with Crippen molar-refractivity contribution < 1.29 is 14.4 Å². The van der Waals surface area contributed by atoms with Gasteiger partial charge >= 0.3 is 0 Å². The first-order chi connectivity index (χ1) is 23.1. The Bertz CT molecular complexity index is 1790. The van der Waals surface area contributed by atoms with Crippen LogP contribution in [0.4, 0.5) is 11.4 Å². The van der Waals surface area contributed by atoms with Gasteiger partial charge in [0, 0.05) is 88.7 Å². The fraction of sp³-hybridized carbons (Fsp3) is 0.457. The number of fused-ring (bicyclic) bond motifs is 1. The lowest BCUT2D eigenvalue weighted by Gasteiger charge is -2.37. The van der Waals surface area contributed by atoms with Crippen LogP contribution in [0.15, 0.2) is 57.9 Å². The molecule has 0 spiro atoms. The maximum Gasteiger partial charge on any atom is 0.282 e. The lowest BCUT2D eigenvalue weighted by Crippen LogP contribution is -2.52. The van der Waals surface area contributed by atoms with Gasteiger partial charge in [-0.15, -0.1) is 0 Å². The molecule has 13 heteroatoms. The zero-order chi connectivity index (χ0) is 33.5. The normalized spacial score (nSPS) is 23.7. The number of aromatic nitrogens is 2. The van der Waals surface area contributed by atoms with Gasteiger partial charge in [-0.2, -0.15) is 5.10 Å². The van der Waals surface area contributed by atoms with Crippen LogP contribution in [0.5, 0.6) is 0 Å². The molecule has 0 aliphatic carbocycles. The first-order valence-corrected chi connectivity index (χ1v) is 17.4. The second kappa shape index (κ2) is 13.4. The Morgan fingerprint density at radius 3 is 2.50 bits per heavy atom. The van der Waals surface area contributed by atoms with Gasteiger partial charge in [-0.3, -0.25) is 29.4 Å². The number of likely N-dealkylation sites (tertiary alicyclic amines) is 1. The molecule has 5 heterocycles. The van der Waals surface area contributed by atoms with Crippen LogP contribution in [0.2, 0.25) is 0 Å². The predicted octanol–water partition coefficient (Wildman–Crippen LogP) is 2.53. The minimum atomic E-state index is -0.609. The number of hydrogen-bond acceptors (Lipinski definition) is 9. The molecule has 3 saturated heterocycles. The molecule has 4 aliphatic heterocycles. The van der Waals surface area contributed by atoms with E-state index in [1.807, 2.05) is 12.1 Å². The molecule has 0 radical (unpaired) electrons. The van der Waals surface area contributed by atoms with E-state index in [1.165, 1.54) is 15.8 Å². The number of benzene rings is 2. The number of anilines is 2. The van der Waals surface area contributed by atoms with Crippen LogP contribution in [-0.2, 0) is 29.7 Å². The topological polar surface area (TPSA) is 123 Å². The molecule has 48 heavy (non-hydrogen) atoms. The summed E-state index contributed by atoms with van der Waals surface area (Å²) in [5, 5.41) is 10.1. The summed E-state index contributed by atoms with van der Waals surface area (Å²) in [7, 11) is 3.79. The van der Waals surface area contributed by atoms with Crippen molar-refractivity contribution in [2.45, 2.75) is 50.4 Å². The van der Waals surface area contributed by atoms with Crippen molar-refractivity contribution in [3.63, 3.8) is 0 Å². The van der Waals surface area contributed by atoms with E-state index in [0.717, 1.165) is 69.2 Å². The molecule has 4 aliphatic rings. The van der Waals surface area contributed by atoms with Gasteiger partial charge in [0.15, 0.2) is 0 Å². The Balaban J connectivity index is 0.944. The average Bonchev–Trinajstić information content (AvgIpc) is 3.41. The fourth-order valence-corrected chi connectivity index (χ4v) is 8.14. The highest BCUT2D eigenvalue weighted by molar-refractivity contribution is 9.10. The van der Waals surface area contributed by atoms with Gasteiger partial charge < -0.3 is 20.0 Å². The van der Waals surface area contributed by atoms with Crippen molar-refractivity contribution in [1.82, 2.24) is 29.8 Å². The average molecular weight is 718 g/mol. The number of piperazine rings is 1. The number of amides is 3. The number of hydrogen-bond donors (Lipinski definition) is 2. The minimum absolute atomic E-state index is 0.135. The maximum atomic E-state index is 13.3. The second-order valence-corrected chi connectivity index (χ2v) is 14.3. The molecule has 0 saturated carbocycles. The third-order valence-corrected chi connectivity index (χ3v) is 11.0. The van der Waals surface area contributed by atoms with Crippen molar-refractivity contribution in [2.24, 2.45) is 7.05 Å². The number of carbonyl (C=O) groups is 3. The first kappa shape index (κ1) is 32.5. The maximum absolute atomic E-state index is 13.3. The molecule has 252 valence electrons. The van der Waals surface area contributed by atoms with E-state index in [0.29, 0.717) is 28.9 Å². The molecule has 12 nitrogen and oxygen atoms in total. The largest absolute Gasteiger partial charge is 0.379 e. The second-order valence-electron chi connectivity index (χ2n) is 13.5. The summed E-state index contributed by atoms with van der Waals surface area (Å²) >= 11 is 3.44. The van der Waals surface area contributed by atoms with Gasteiger partial charge in [0.05, 0.1) is 11.9 Å². The molecule has 3 atom stereocenters. The SMILES string of the molecule is CN1C[C@H](Nc2cnn(C)c(=O)c2Br)C[C@H](c2ccc(CN3CCN(c4cccc5c4CN(C4CCC(=O)NC4=O)C5=O)CC3)cc2)C1. The monoisotopic (exact) mass is 716 g/mol. The van der Waals surface area contributed by atoms with Crippen LogP contribution < -0.4 is 21.1 Å². The van der Waals surface area contributed by atoms with Crippen LogP contribution in [0.1, 0.15) is 52.2 Å². The highest BCUT2D eigenvalue weighted by Gasteiger charge is 2.40. The molecule has 2 N–H and O–H groups in total. The highest BCUT2D eigenvalue weighted by atomic mass is 79.9. The number of nitrogens with one attached hydrogen (secondary N) is 2. The van der Waals surface area contributed by atoms with E-state index < -0.39 is 6.04 Å². The van der Waals surface area contributed by atoms with Crippen LogP contribution in [0.3, 0.4) is 0 Å². The third-order valence-electron chi connectivity index (χ3n) is 10.2. The number of halogens is 1. The number of likely N-dealkylation sites (N-methyl/N-ethyl adjacent to an activating group) is 1. The van der Waals surface area contributed by atoms with E-state index in [-0.39, 0.29) is 35.7 Å². The fourth-order valence-electron chi connectivity index (χ4n) is 7.66. The molecular weight excluding hydrogens is 676 g/mol. The van der Waals surface area contributed by atoms with Crippen LogP contribution in [0, 0.1) is 0 Å². The van der Waals surface area contributed by atoms with Crippen LogP contribution in [-0.4, -0.2) is 101 Å². The summed E-state index contributed by atoms with van der Waals surface area (Å²) in [6.45, 7) is 6.65. The van der Waals surface area contributed by atoms with Gasteiger partial charge in [-0.25, -0.2) is 4.68 Å². The first-order valence-electron chi connectivity index (χ1n) is 16.6. The summed E-state index contributed by atoms with van der Waals surface area (Å²) in [5.74, 6) is -0.419. The zero-order valence-corrected chi connectivity index (χ0v) is 28.9. The Hall–Kier alpha value is -4.07. The summed E-state index contributed by atoms with van der Waals surface area (Å²) in [6.07, 6.45) is 3.28. The standard InChI is InChI=1S/C35H41BrN8O4/c1-40-19-24(16-25(20-40)38-28-17-37-41(2)35(48)32(28)36)23-8-6-22(7-9-23)18-42-12-14-43(15-13-42)29-5-3-4-26-27(29)21-44(34(26)47)30-10-11-31(45)39-33(30)46/h3-9,17,24-25,30,38H,10-16,18-21H2,1-2H3,(H,39,45,46)/t24-,25+,30?/m0/s1. The van der Waals surface area contributed by atoms with Gasteiger partial charge in [0.25, 0.3) is 11.5 Å². The molecule has 1 aromatic heterocycles. The summed E-state index contributed by atoms with van der Waals surface area (Å²) < 4.78 is 1.83. The van der Waals surface area contributed by atoms with E-state index >= 15 is 0 Å². The quantitative estimate of drug-likeness (QED) is 0.355. The molecule has 3 fully saturated rings. The number of carbonyl (C=O) groups excluding carboxylic acids is 3. The number of nitrogens with zero attached hydrogens (tertiary/aromatic N) is 6. The van der Waals surface area contributed by atoms with Crippen LogP contribution in [0.25, 0.3) is 0 Å². The molecule has 1 unspecified atom stereocenters. The van der Waals surface area contributed by atoms with E-state index in [9.17, 15) is 19.2 Å². The van der Waals surface area contributed by atoms with Crippen molar-refractivity contribution in [2.75, 3.05) is 56.5 Å². The van der Waals surface area contributed by atoms with Crippen molar-refractivity contribution in [3.05, 3.63) is 85.7 Å². The van der Waals surface area contributed by atoms with Gasteiger partial charge in [-0.1, -0.05) is 30.3 Å². The Morgan fingerprint density at radius 2 is 1.75 bits per heavy atom. The molecule has 2 aromatic carbocycles. The minimum Gasteiger partial charge on any atom is -0.379 e. The molecule has 3 amide bonds. The Kier molecular flexibility index (Phi) is 9.10. The number of imide groups is 1. The molecule has 7 rings (SSSR count). The Labute approximate surface area is 288 Å². The number of aryl methyl sites for hydroxylation is 1. The Morgan fingerprint density at radius 1 is 0.979 bits per heavy atom. The number of rotatable bonds is 7. The lowest BCUT2D eigenvalue weighted by atomic mass is 9.87. The van der Waals surface area contributed by atoms with Crippen molar-refractivity contribution in [1.29, 1.82) is 0 Å². The zero-order valence-electron chi connectivity index (χ0n) is 27.3. The highest BCUT2D eigenvalue weighted by Crippen LogP contribution is 2.35. The van der Waals surface area contributed by atoms with Crippen molar-refractivity contribution >= 4 is 45.0 Å². The van der Waals surface area contributed by atoms with Crippen molar-refractivity contribution in [3.8, 4) is 0 Å². The number of piperidine rings is 2. The smallest absolute Gasteiger partial charge is 0.282 e. The summed E-state index contributed by atoms with van der Waals surface area (Å²) in [5.41, 5.74) is 5.86. The van der Waals surface area contributed by atoms with E-state index in [4.69, 9.17) is 0 Å². The summed E-state index contributed by atoms with van der Waals surface area (Å²) in [6, 6.07) is 14.5. The molecule has 0 bridgehead atoms. The predicted molar refractivity (Wildman–Crippen MR) is 186 cm³/mol. The van der Waals surface area contributed by atoms with E-state index in [2.05, 4.69) is 83.7 Å². The van der Waals surface area contributed by atoms with Crippen LogP contribution >= 0.6 is 15.9 Å². The molecule has 3 aromatic rings. The van der Waals surface area contributed by atoms with Gasteiger partial charge in [0.1, 0.15) is 10.5 Å². The lowest BCUT2D eigenvalue weighted by molar-refractivity contribution is -0.136. The van der Waals surface area contributed by atoms with E-state index in [1.54, 1.807) is 18.1 Å². The summed E-state index contributed by atoms with van der Waals surface area (Å²) in [4.78, 5) is 58.6. The third kappa shape index (κ3) is 6.50. The van der Waals surface area contributed by atoms with Gasteiger partial charge in [-0.05, 0) is 65.0 Å². The molecular formula is C35H41BrN8O4.